The molecule has 3 N–H and O–H groups in total. The van der Waals surface area contributed by atoms with Crippen LogP contribution in [0.4, 0.5) is 5.82 Å². The van der Waals surface area contributed by atoms with Crippen molar-refractivity contribution in [1.82, 2.24) is 24.7 Å². The van der Waals surface area contributed by atoms with E-state index in [1.807, 2.05) is 26.1 Å². The molecule has 8 heteroatoms. The molecule has 0 atom stereocenters. The number of nitrogens with two attached hydrogens (primary N) is 1. The molecule has 0 spiro atoms. The number of nitrogens with zero attached hydrogens (tertiary/aromatic N) is 5. The van der Waals surface area contributed by atoms with Gasteiger partial charge in [0, 0.05) is 30.4 Å². The third-order valence-electron chi connectivity index (χ3n) is 4.15. The van der Waals surface area contributed by atoms with Crippen LogP contribution in [0.5, 0.6) is 5.88 Å². The lowest BCUT2D eigenvalue weighted by atomic mass is 10.0. The van der Waals surface area contributed by atoms with Crippen LogP contribution in [-0.4, -0.2) is 29.8 Å². The molecule has 7 nitrogen and oxygen atoms in total. The zero-order valence-corrected chi connectivity index (χ0v) is 14.9. The molecule has 130 valence electrons. The third kappa shape index (κ3) is 2.62. The number of halogens is 1. The van der Waals surface area contributed by atoms with Gasteiger partial charge in [0.15, 0.2) is 5.82 Å². The first-order valence-corrected chi connectivity index (χ1v) is 8.23. The first kappa shape index (κ1) is 16.3. The first-order chi connectivity index (χ1) is 12.4. The monoisotopic (exact) mass is 366 g/mol. The molecular weight excluding hydrogens is 352 g/mol. The number of rotatable bonds is 2. The minimum absolute atomic E-state index is 0.0564. The first-order valence-electron chi connectivity index (χ1n) is 7.86. The van der Waals surface area contributed by atoms with Crippen LogP contribution in [0, 0.1) is 6.92 Å². The smallest absolute Gasteiger partial charge is 0.255 e. The average molecular weight is 367 g/mol. The Morgan fingerprint density at radius 1 is 1.15 bits per heavy atom. The Morgan fingerprint density at radius 3 is 2.69 bits per heavy atom. The fourth-order valence-electron chi connectivity index (χ4n) is 2.84. The Morgan fingerprint density at radius 2 is 1.96 bits per heavy atom. The van der Waals surface area contributed by atoms with Gasteiger partial charge in [-0.2, -0.15) is 5.10 Å². The number of fused-ring (bicyclic) bond motifs is 1. The molecule has 26 heavy (non-hydrogen) atoms. The summed E-state index contributed by atoms with van der Waals surface area (Å²) in [6.07, 6.45) is 3.52. The zero-order chi connectivity index (χ0) is 18.4. The Bertz CT molecular complexity index is 1150. The minimum Gasteiger partial charge on any atom is -0.491 e. The topological polar surface area (TPSA) is 103 Å². The highest BCUT2D eigenvalue weighted by molar-refractivity contribution is 6.35. The fraction of sp³-hybridized carbons (Fsp3) is 0.111. The standard InChI is InChI=1S/C18H15ClN6O/c1-9-3-5-21-15-11(9)7-10(8-12(15)19)14-16(13-4-6-25(2)24-13)22-17(20)18(26)23-14/h3-8H,1-2H3,(H2,20,22)(H,23,26). The summed E-state index contributed by atoms with van der Waals surface area (Å²) in [6, 6.07) is 7.39. The molecular formula is C18H15ClN6O. The molecule has 3 aromatic heterocycles. The molecule has 0 amide bonds. The minimum atomic E-state index is -0.334. The van der Waals surface area contributed by atoms with Crippen LogP contribution < -0.4 is 5.73 Å². The summed E-state index contributed by atoms with van der Waals surface area (Å²) < 4.78 is 1.66. The van der Waals surface area contributed by atoms with Crippen molar-refractivity contribution >= 4 is 28.3 Å². The number of aromatic nitrogens is 5. The van der Waals surface area contributed by atoms with Gasteiger partial charge in [-0.25, -0.2) is 9.97 Å². The van der Waals surface area contributed by atoms with Gasteiger partial charge in [-0.05, 0) is 36.8 Å². The van der Waals surface area contributed by atoms with Crippen LogP contribution >= 0.6 is 11.6 Å². The Labute approximate surface area is 154 Å². The lowest BCUT2D eigenvalue weighted by molar-refractivity contribution is 0.455. The van der Waals surface area contributed by atoms with E-state index in [-0.39, 0.29) is 11.7 Å². The number of benzene rings is 1. The van der Waals surface area contributed by atoms with Gasteiger partial charge in [0.2, 0.25) is 0 Å². The van der Waals surface area contributed by atoms with Crippen LogP contribution in [0.2, 0.25) is 5.02 Å². The SMILES string of the molecule is Cc1ccnc2c(Cl)cc(-c3nc(O)c(N)nc3-c3ccn(C)n3)cc12. The van der Waals surface area contributed by atoms with E-state index in [2.05, 4.69) is 20.1 Å². The van der Waals surface area contributed by atoms with E-state index in [1.165, 1.54) is 0 Å². The van der Waals surface area contributed by atoms with Crippen molar-refractivity contribution in [1.29, 1.82) is 0 Å². The summed E-state index contributed by atoms with van der Waals surface area (Å²) in [5.74, 6) is -0.391. The fourth-order valence-corrected chi connectivity index (χ4v) is 3.11. The average Bonchev–Trinajstić information content (AvgIpc) is 3.04. The molecule has 0 saturated heterocycles. The van der Waals surface area contributed by atoms with Crippen LogP contribution in [0.3, 0.4) is 0 Å². The van der Waals surface area contributed by atoms with Gasteiger partial charge in [0.25, 0.3) is 5.88 Å². The number of aryl methyl sites for hydroxylation is 2. The molecule has 0 aliphatic carbocycles. The zero-order valence-electron chi connectivity index (χ0n) is 14.1. The quantitative estimate of drug-likeness (QED) is 0.564. The third-order valence-corrected chi connectivity index (χ3v) is 4.44. The normalized spacial score (nSPS) is 11.2. The molecule has 1 aromatic carbocycles. The van der Waals surface area contributed by atoms with Gasteiger partial charge in [-0.15, -0.1) is 0 Å². The summed E-state index contributed by atoms with van der Waals surface area (Å²) in [5.41, 5.74) is 9.72. The van der Waals surface area contributed by atoms with Gasteiger partial charge >= 0.3 is 0 Å². The molecule has 0 bridgehead atoms. The predicted molar refractivity (Wildman–Crippen MR) is 101 cm³/mol. The molecule has 0 unspecified atom stereocenters. The van der Waals surface area contributed by atoms with Crippen molar-refractivity contribution in [2.45, 2.75) is 6.92 Å². The molecule has 0 aliphatic heterocycles. The lowest BCUT2D eigenvalue weighted by Gasteiger charge is -2.11. The largest absolute Gasteiger partial charge is 0.491 e. The van der Waals surface area contributed by atoms with E-state index in [4.69, 9.17) is 17.3 Å². The molecule has 0 aliphatic rings. The summed E-state index contributed by atoms with van der Waals surface area (Å²) >= 11 is 6.44. The van der Waals surface area contributed by atoms with Crippen LogP contribution in [0.1, 0.15) is 5.56 Å². The highest BCUT2D eigenvalue weighted by atomic mass is 35.5. The number of pyridine rings is 1. The number of anilines is 1. The maximum absolute atomic E-state index is 10.0. The van der Waals surface area contributed by atoms with E-state index in [9.17, 15) is 5.11 Å². The summed E-state index contributed by atoms with van der Waals surface area (Å²) in [4.78, 5) is 12.9. The summed E-state index contributed by atoms with van der Waals surface area (Å²) in [5, 5.41) is 15.8. The Kier molecular flexibility index (Phi) is 3.73. The van der Waals surface area contributed by atoms with E-state index in [0.717, 1.165) is 10.9 Å². The highest BCUT2D eigenvalue weighted by Crippen LogP contribution is 2.36. The second kappa shape index (κ2) is 5.96. The predicted octanol–water partition coefficient (Wildman–Crippen LogP) is 3.34. The number of aromatic hydroxyl groups is 1. The molecule has 4 aromatic rings. The Balaban J connectivity index is 2.03. The maximum Gasteiger partial charge on any atom is 0.255 e. The second-order valence-electron chi connectivity index (χ2n) is 5.99. The van der Waals surface area contributed by atoms with Crippen molar-refractivity contribution in [3.8, 4) is 28.5 Å². The molecule has 0 fully saturated rings. The maximum atomic E-state index is 10.0. The highest BCUT2D eigenvalue weighted by Gasteiger charge is 2.18. The van der Waals surface area contributed by atoms with Crippen molar-refractivity contribution in [3.05, 3.63) is 47.2 Å². The van der Waals surface area contributed by atoms with Gasteiger partial charge < -0.3 is 10.8 Å². The number of hydrogen-bond acceptors (Lipinski definition) is 6. The Hall–Kier alpha value is -3.19. The summed E-state index contributed by atoms with van der Waals surface area (Å²) in [6.45, 7) is 1.98. The van der Waals surface area contributed by atoms with Crippen molar-refractivity contribution in [2.75, 3.05) is 5.73 Å². The van der Waals surface area contributed by atoms with Crippen LogP contribution in [-0.2, 0) is 7.05 Å². The molecule has 0 radical (unpaired) electrons. The van der Waals surface area contributed by atoms with Crippen LogP contribution in [0.25, 0.3) is 33.5 Å². The van der Waals surface area contributed by atoms with Crippen molar-refractivity contribution < 1.29 is 5.11 Å². The molecule has 0 saturated carbocycles. The number of nitrogen functional groups attached to an aromatic ring is 1. The molecule has 3 heterocycles. The van der Waals surface area contributed by atoms with E-state index >= 15 is 0 Å². The van der Waals surface area contributed by atoms with Gasteiger partial charge in [-0.1, -0.05) is 11.6 Å². The van der Waals surface area contributed by atoms with Gasteiger partial charge in [-0.3, -0.25) is 9.67 Å². The van der Waals surface area contributed by atoms with E-state index < -0.39 is 0 Å². The number of hydrogen-bond donors (Lipinski definition) is 2. The second-order valence-corrected chi connectivity index (χ2v) is 6.39. The lowest BCUT2D eigenvalue weighted by Crippen LogP contribution is -2.01. The van der Waals surface area contributed by atoms with Gasteiger partial charge in [0.1, 0.15) is 17.1 Å². The summed E-state index contributed by atoms with van der Waals surface area (Å²) in [7, 11) is 1.81. The van der Waals surface area contributed by atoms with Crippen molar-refractivity contribution in [3.63, 3.8) is 0 Å². The van der Waals surface area contributed by atoms with Gasteiger partial charge in [0.05, 0.1) is 10.5 Å². The molecule has 4 rings (SSSR count). The van der Waals surface area contributed by atoms with E-state index in [0.29, 0.717) is 33.2 Å². The van der Waals surface area contributed by atoms with Crippen molar-refractivity contribution in [2.24, 2.45) is 7.05 Å². The van der Waals surface area contributed by atoms with E-state index in [1.54, 1.807) is 29.2 Å². The van der Waals surface area contributed by atoms with Crippen LogP contribution in [0.15, 0.2) is 36.7 Å².